The summed E-state index contributed by atoms with van der Waals surface area (Å²) >= 11 is 3.69. The lowest BCUT2D eigenvalue weighted by atomic mass is 10.1. The topological polar surface area (TPSA) is 12.0 Å². The van der Waals surface area contributed by atoms with Crippen LogP contribution >= 0.6 is 22.7 Å². The molecule has 3 heteroatoms. The van der Waals surface area contributed by atoms with Crippen molar-refractivity contribution in [1.29, 1.82) is 0 Å². The van der Waals surface area contributed by atoms with Crippen LogP contribution in [0.4, 0.5) is 0 Å². The third kappa shape index (κ3) is 3.44. The highest BCUT2D eigenvalue weighted by Gasteiger charge is 2.19. The highest BCUT2D eigenvalue weighted by atomic mass is 32.1. The van der Waals surface area contributed by atoms with Gasteiger partial charge in [0.05, 0.1) is 6.04 Å². The minimum absolute atomic E-state index is 0.376. The van der Waals surface area contributed by atoms with E-state index < -0.39 is 0 Å². The number of hydrogen-bond acceptors (Lipinski definition) is 3. The van der Waals surface area contributed by atoms with Gasteiger partial charge in [0.15, 0.2) is 0 Å². The molecule has 2 rings (SSSR count). The van der Waals surface area contributed by atoms with E-state index in [1.54, 1.807) is 0 Å². The summed E-state index contributed by atoms with van der Waals surface area (Å²) in [4.78, 5) is 2.85. The Kier molecular flexibility index (Phi) is 5.42. The van der Waals surface area contributed by atoms with Crippen molar-refractivity contribution >= 4 is 22.7 Å². The Morgan fingerprint density at radius 2 is 1.67 bits per heavy atom. The minimum Gasteiger partial charge on any atom is -0.302 e. The normalized spacial score (nSPS) is 13.1. The molecular formula is C15H21NS2. The smallest absolute Gasteiger partial charge is 0.0766 e. The van der Waals surface area contributed by atoms with Crippen LogP contribution in [-0.2, 0) is 0 Å². The average Bonchev–Trinajstić information content (AvgIpc) is 3.06. The van der Waals surface area contributed by atoms with E-state index in [2.05, 4.69) is 54.2 Å². The standard InChI is InChI=1S/C15H21NS2/c1-3-7-12(4-2)16-15(13-8-5-10-17-13)14-9-6-11-18-14/h5-6,8-12,15-16H,3-4,7H2,1-2H3. The summed E-state index contributed by atoms with van der Waals surface area (Å²) in [6.07, 6.45) is 3.69. The van der Waals surface area contributed by atoms with Gasteiger partial charge in [-0.3, -0.25) is 0 Å². The first-order valence-electron chi connectivity index (χ1n) is 6.68. The zero-order chi connectivity index (χ0) is 12.8. The zero-order valence-corrected chi connectivity index (χ0v) is 12.7. The Morgan fingerprint density at radius 1 is 1.06 bits per heavy atom. The molecular weight excluding hydrogens is 258 g/mol. The second kappa shape index (κ2) is 7.07. The van der Waals surface area contributed by atoms with Gasteiger partial charge in [-0.25, -0.2) is 0 Å². The molecule has 0 spiro atoms. The number of thiophene rings is 2. The number of hydrogen-bond donors (Lipinski definition) is 1. The van der Waals surface area contributed by atoms with Crippen LogP contribution in [-0.4, -0.2) is 6.04 Å². The predicted molar refractivity (Wildman–Crippen MR) is 82.6 cm³/mol. The van der Waals surface area contributed by atoms with Gasteiger partial charge in [0, 0.05) is 15.8 Å². The van der Waals surface area contributed by atoms with E-state index >= 15 is 0 Å². The molecule has 18 heavy (non-hydrogen) atoms. The summed E-state index contributed by atoms with van der Waals surface area (Å²) in [6, 6.07) is 9.75. The lowest BCUT2D eigenvalue weighted by molar-refractivity contribution is 0.435. The van der Waals surface area contributed by atoms with Crippen molar-refractivity contribution in [2.24, 2.45) is 0 Å². The van der Waals surface area contributed by atoms with Crippen LogP contribution in [0.15, 0.2) is 35.0 Å². The molecule has 1 nitrogen and oxygen atoms in total. The molecule has 0 aromatic carbocycles. The fourth-order valence-electron chi connectivity index (χ4n) is 2.20. The van der Waals surface area contributed by atoms with Gasteiger partial charge in [0.2, 0.25) is 0 Å². The van der Waals surface area contributed by atoms with Crippen LogP contribution in [0.1, 0.15) is 48.9 Å². The van der Waals surface area contributed by atoms with Crippen molar-refractivity contribution in [3.8, 4) is 0 Å². The van der Waals surface area contributed by atoms with Gasteiger partial charge in [-0.05, 0) is 35.7 Å². The van der Waals surface area contributed by atoms with E-state index in [9.17, 15) is 0 Å². The lowest BCUT2D eigenvalue weighted by Crippen LogP contribution is -2.32. The van der Waals surface area contributed by atoms with E-state index in [1.165, 1.54) is 29.0 Å². The van der Waals surface area contributed by atoms with Crippen molar-refractivity contribution in [1.82, 2.24) is 5.32 Å². The largest absolute Gasteiger partial charge is 0.302 e. The van der Waals surface area contributed by atoms with Crippen LogP contribution in [0, 0.1) is 0 Å². The molecule has 0 aliphatic heterocycles. The number of rotatable bonds is 7. The van der Waals surface area contributed by atoms with Gasteiger partial charge < -0.3 is 5.32 Å². The van der Waals surface area contributed by atoms with Crippen LogP contribution in [0.2, 0.25) is 0 Å². The Bertz CT molecular complexity index is 385. The summed E-state index contributed by atoms with van der Waals surface area (Å²) in [5.41, 5.74) is 0. The first-order valence-corrected chi connectivity index (χ1v) is 8.44. The quantitative estimate of drug-likeness (QED) is 0.746. The maximum absolute atomic E-state index is 3.83. The van der Waals surface area contributed by atoms with Crippen molar-refractivity contribution in [3.05, 3.63) is 44.8 Å². The minimum atomic E-state index is 0.376. The highest BCUT2D eigenvalue weighted by Crippen LogP contribution is 2.30. The molecule has 1 unspecified atom stereocenters. The summed E-state index contributed by atoms with van der Waals surface area (Å²) in [5, 5.41) is 8.16. The maximum atomic E-state index is 3.83. The van der Waals surface area contributed by atoms with Gasteiger partial charge in [0.1, 0.15) is 0 Å². The van der Waals surface area contributed by atoms with Crippen LogP contribution in [0.5, 0.6) is 0 Å². The summed E-state index contributed by atoms with van der Waals surface area (Å²) in [7, 11) is 0. The summed E-state index contributed by atoms with van der Waals surface area (Å²) in [5.74, 6) is 0. The van der Waals surface area contributed by atoms with Crippen molar-refractivity contribution in [3.63, 3.8) is 0 Å². The molecule has 0 amide bonds. The van der Waals surface area contributed by atoms with E-state index in [1.807, 2.05) is 22.7 Å². The van der Waals surface area contributed by atoms with Crippen molar-refractivity contribution in [2.75, 3.05) is 0 Å². The van der Waals surface area contributed by atoms with E-state index in [0.717, 1.165) is 0 Å². The van der Waals surface area contributed by atoms with Crippen LogP contribution < -0.4 is 5.32 Å². The summed E-state index contributed by atoms with van der Waals surface area (Å²) in [6.45, 7) is 4.53. The Labute approximate surface area is 118 Å². The molecule has 2 aromatic heterocycles. The van der Waals surface area contributed by atoms with E-state index in [-0.39, 0.29) is 0 Å². The van der Waals surface area contributed by atoms with Crippen LogP contribution in [0.25, 0.3) is 0 Å². The highest BCUT2D eigenvalue weighted by molar-refractivity contribution is 7.11. The third-order valence-electron chi connectivity index (χ3n) is 3.19. The first kappa shape index (κ1) is 13.8. The zero-order valence-electron chi connectivity index (χ0n) is 11.1. The van der Waals surface area contributed by atoms with Crippen molar-refractivity contribution in [2.45, 2.75) is 45.2 Å². The number of nitrogens with one attached hydrogen (secondary N) is 1. The average molecular weight is 279 g/mol. The molecule has 0 aliphatic carbocycles. The predicted octanol–water partition coefficient (Wildman–Crippen LogP) is 5.07. The molecule has 0 fully saturated rings. The Hall–Kier alpha value is -0.640. The van der Waals surface area contributed by atoms with Gasteiger partial charge in [-0.1, -0.05) is 32.4 Å². The fraction of sp³-hybridized carbons (Fsp3) is 0.467. The van der Waals surface area contributed by atoms with E-state index in [4.69, 9.17) is 0 Å². The Morgan fingerprint density at radius 3 is 2.06 bits per heavy atom. The molecule has 98 valence electrons. The van der Waals surface area contributed by atoms with Gasteiger partial charge in [-0.15, -0.1) is 22.7 Å². The summed E-state index contributed by atoms with van der Waals surface area (Å²) < 4.78 is 0. The molecule has 0 radical (unpaired) electrons. The van der Waals surface area contributed by atoms with Gasteiger partial charge in [-0.2, -0.15) is 0 Å². The Balaban J connectivity index is 2.15. The first-order chi connectivity index (χ1) is 8.85. The van der Waals surface area contributed by atoms with Gasteiger partial charge in [0.25, 0.3) is 0 Å². The molecule has 2 aromatic rings. The molecule has 0 aliphatic rings. The van der Waals surface area contributed by atoms with E-state index in [0.29, 0.717) is 12.1 Å². The molecule has 1 N–H and O–H groups in total. The molecule has 0 saturated heterocycles. The molecule has 1 atom stereocenters. The van der Waals surface area contributed by atoms with Gasteiger partial charge >= 0.3 is 0 Å². The van der Waals surface area contributed by atoms with Crippen molar-refractivity contribution < 1.29 is 0 Å². The lowest BCUT2D eigenvalue weighted by Gasteiger charge is -2.23. The molecule has 0 bridgehead atoms. The second-order valence-corrected chi connectivity index (χ2v) is 6.48. The molecule has 2 heterocycles. The van der Waals surface area contributed by atoms with Crippen LogP contribution in [0.3, 0.4) is 0 Å². The SMILES string of the molecule is CCCC(CC)NC(c1cccs1)c1cccs1. The fourth-order valence-corrected chi connectivity index (χ4v) is 3.88. The third-order valence-corrected chi connectivity index (χ3v) is 5.06. The second-order valence-electron chi connectivity index (χ2n) is 4.52. The maximum Gasteiger partial charge on any atom is 0.0766 e. The molecule has 0 saturated carbocycles. The monoisotopic (exact) mass is 279 g/mol.